The van der Waals surface area contributed by atoms with Crippen LogP contribution in [0.3, 0.4) is 0 Å². The average molecular weight is 313 g/mol. The molecule has 122 valence electrons. The molecule has 0 saturated carbocycles. The number of hydrogen-bond acceptors (Lipinski definition) is 7. The second kappa shape index (κ2) is 8.40. The van der Waals surface area contributed by atoms with Crippen molar-refractivity contribution in [3.63, 3.8) is 0 Å². The number of aliphatic hydroxyl groups is 2. The molecule has 0 radical (unpaired) electrons. The zero-order chi connectivity index (χ0) is 16.7. The minimum absolute atomic E-state index is 0.00560. The lowest BCUT2D eigenvalue weighted by atomic mass is 9.83. The van der Waals surface area contributed by atoms with E-state index in [-0.39, 0.29) is 23.3 Å². The molecular weight excluding hydrogens is 294 g/mol. The van der Waals surface area contributed by atoms with Crippen LogP contribution in [-0.4, -0.2) is 46.7 Å². The lowest BCUT2D eigenvalue weighted by Crippen LogP contribution is -2.26. The highest BCUT2D eigenvalue weighted by molar-refractivity contribution is 6.25. The van der Waals surface area contributed by atoms with E-state index >= 15 is 0 Å². The number of carbonyl (C=O) groups is 2. The maximum atomic E-state index is 12.2. The fourth-order valence-corrected chi connectivity index (χ4v) is 2.35. The molecule has 2 N–H and O–H groups in total. The number of hydrogen-bond donors (Lipinski definition) is 2. The molecule has 1 rings (SSSR count). The van der Waals surface area contributed by atoms with Crippen molar-refractivity contribution in [2.45, 2.75) is 32.6 Å². The van der Waals surface area contributed by atoms with E-state index in [9.17, 15) is 24.8 Å². The number of nitrogens with zero attached hydrogens (tertiary/aromatic N) is 1. The van der Waals surface area contributed by atoms with Gasteiger partial charge in [-0.25, -0.2) is 0 Å². The van der Waals surface area contributed by atoms with E-state index in [0.717, 1.165) is 0 Å². The molecule has 8 nitrogen and oxygen atoms in total. The highest BCUT2D eigenvalue weighted by Crippen LogP contribution is 2.27. The Morgan fingerprint density at radius 3 is 2.14 bits per heavy atom. The summed E-state index contributed by atoms with van der Waals surface area (Å²) in [4.78, 5) is 38.4. The molecule has 0 heterocycles. The molecule has 22 heavy (non-hydrogen) atoms. The smallest absolute Gasteiger partial charge is 0.294 e. The highest BCUT2D eigenvalue weighted by Gasteiger charge is 2.30. The number of allylic oxidation sites excluding steroid dienone is 2. The molecule has 1 aliphatic rings. The lowest BCUT2D eigenvalue weighted by molar-refractivity contribution is -0.757. The van der Waals surface area contributed by atoms with E-state index in [4.69, 9.17) is 5.11 Å². The third-order valence-electron chi connectivity index (χ3n) is 3.56. The summed E-state index contributed by atoms with van der Waals surface area (Å²) in [6, 6.07) is 0. The Labute approximate surface area is 127 Å². The number of rotatable bonds is 9. The first-order valence-electron chi connectivity index (χ1n) is 6.94. The first-order chi connectivity index (χ1) is 10.4. The fraction of sp³-hybridized carbons (Fsp3) is 0.571. The van der Waals surface area contributed by atoms with E-state index in [1.807, 2.05) is 0 Å². The summed E-state index contributed by atoms with van der Waals surface area (Å²) in [5.74, 6) is -0.831. The standard InChI is InChI=1S/C14H19NO7/c1-9-10(5-3-2-4-6-22-15(20)21)14(19)12(8-17)11(7-16)13(9)18/h16-17H,2-8H2,1H3. The molecule has 1 aliphatic carbocycles. The second-order valence-electron chi connectivity index (χ2n) is 4.90. The number of carbonyl (C=O) groups excluding carboxylic acids is 2. The summed E-state index contributed by atoms with van der Waals surface area (Å²) < 4.78 is 0. The Hall–Kier alpha value is -2.06. The van der Waals surface area contributed by atoms with Crippen LogP contribution in [0, 0.1) is 10.1 Å². The van der Waals surface area contributed by atoms with E-state index in [1.165, 1.54) is 6.92 Å². The predicted molar refractivity (Wildman–Crippen MR) is 75.3 cm³/mol. The summed E-state index contributed by atoms with van der Waals surface area (Å²) in [5.41, 5.74) is 0.521. The lowest BCUT2D eigenvalue weighted by Gasteiger charge is -2.20. The van der Waals surface area contributed by atoms with Gasteiger partial charge in [0.05, 0.1) is 19.8 Å². The van der Waals surface area contributed by atoms with Gasteiger partial charge in [-0.05, 0) is 26.2 Å². The van der Waals surface area contributed by atoms with Gasteiger partial charge in [0.25, 0.3) is 5.09 Å². The number of unbranched alkanes of at least 4 members (excludes halogenated alkanes) is 2. The van der Waals surface area contributed by atoms with Gasteiger partial charge in [0.2, 0.25) is 0 Å². The van der Waals surface area contributed by atoms with Gasteiger partial charge in [-0.15, -0.1) is 10.1 Å². The Balaban J connectivity index is 2.63. The monoisotopic (exact) mass is 313 g/mol. The van der Waals surface area contributed by atoms with Gasteiger partial charge in [0, 0.05) is 22.3 Å². The summed E-state index contributed by atoms with van der Waals surface area (Å²) in [5, 5.41) is 27.5. The van der Waals surface area contributed by atoms with E-state index in [2.05, 4.69) is 4.84 Å². The molecule has 0 spiro atoms. The molecule has 0 bridgehead atoms. The maximum absolute atomic E-state index is 12.2. The SMILES string of the molecule is CC1=C(CCCCCO[N+](=O)[O-])C(=O)C(CO)=C(CO)C1=O. The largest absolute Gasteiger partial charge is 0.392 e. The van der Waals surface area contributed by atoms with E-state index < -0.39 is 29.9 Å². The van der Waals surface area contributed by atoms with Crippen LogP contribution in [0.25, 0.3) is 0 Å². The van der Waals surface area contributed by atoms with Crippen LogP contribution in [0.5, 0.6) is 0 Å². The third kappa shape index (κ3) is 4.22. The van der Waals surface area contributed by atoms with Crippen molar-refractivity contribution in [2.24, 2.45) is 0 Å². The maximum Gasteiger partial charge on any atom is 0.294 e. The molecule has 0 aromatic carbocycles. The minimum Gasteiger partial charge on any atom is -0.392 e. The topological polar surface area (TPSA) is 127 Å². The molecule has 8 heteroatoms. The second-order valence-corrected chi connectivity index (χ2v) is 4.90. The van der Waals surface area contributed by atoms with Crippen LogP contribution in [0.1, 0.15) is 32.6 Å². The van der Waals surface area contributed by atoms with Crippen molar-refractivity contribution in [1.82, 2.24) is 0 Å². The third-order valence-corrected chi connectivity index (χ3v) is 3.56. The molecular formula is C14H19NO7. The van der Waals surface area contributed by atoms with Crippen molar-refractivity contribution in [2.75, 3.05) is 19.8 Å². The first-order valence-corrected chi connectivity index (χ1v) is 6.94. The van der Waals surface area contributed by atoms with Crippen LogP contribution in [0.15, 0.2) is 22.3 Å². The van der Waals surface area contributed by atoms with Gasteiger partial charge in [-0.2, -0.15) is 0 Å². The van der Waals surface area contributed by atoms with Crippen molar-refractivity contribution in [1.29, 1.82) is 0 Å². The zero-order valence-corrected chi connectivity index (χ0v) is 12.3. The fourth-order valence-electron chi connectivity index (χ4n) is 2.35. The number of ketones is 2. The van der Waals surface area contributed by atoms with Gasteiger partial charge in [-0.3, -0.25) is 9.59 Å². The van der Waals surface area contributed by atoms with Crippen molar-refractivity contribution in [3.8, 4) is 0 Å². The van der Waals surface area contributed by atoms with Crippen LogP contribution < -0.4 is 0 Å². The first kappa shape index (κ1) is 18.0. The highest BCUT2D eigenvalue weighted by atomic mass is 16.9. The van der Waals surface area contributed by atoms with Gasteiger partial charge in [0.1, 0.15) is 0 Å². The Bertz CT molecular complexity index is 533. The number of aliphatic hydroxyl groups excluding tert-OH is 2. The number of Topliss-reactive ketones (excluding diaryl/α,β-unsaturated/α-hetero) is 2. The zero-order valence-electron chi connectivity index (χ0n) is 12.3. The van der Waals surface area contributed by atoms with Crippen LogP contribution in [0.2, 0.25) is 0 Å². The van der Waals surface area contributed by atoms with E-state index in [0.29, 0.717) is 31.3 Å². The summed E-state index contributed by atoms with van der Waals surface area (Å²) in [6.07, 6.45) is 1.99. The predicted octanol–water partition coefficient (Wildman–Crippen LogP) is 0.505. The van der Waals surface area contributed by atoms with Gasteiger partial charge in [0.15, 0.2) is 11.6 Å². The molecule has 0 saturated heterocycles. The molecule has 0 aliphatic heterocycles. The summed E-state index contributed by atoms with van der Waals surface area (Å²) in [7, 11) is 0. The Morgan fingerprint density at radius 2 is 1.59 bits per heavy atom. The average Bonchev–Trinajstić information content (AvgIpc) is 2.48. The molecule has 0 atom stereocenters. The van der Waals surface area contributed by atoms with Gasteiger partial charge >= 0.3 is 0 Å². The Morgan fingerprint density at radius 1 is 1.00 bits per heavy atom. The molecule has 0 fully saturated rings. The Kier molecular flexibility index (Phi) is 6.87. The van der Waals surface area contributed by atoms with Crippen LogP contribution >= 0.6 is 0 Å². The van der Waals surface area contributed by atoms with E-state index in [1.54, 1.807) is 0 Å². The van der Waals surface area contributed by atoms with Crippen LogP contribution in [0.4, 0.5) is 0 Å². The quantitative estimate of drug-likeness (QED) is 0.275. The van der Waals surface area contributed by atoms with Gasteiger partial charge < -0.3 is 15.1 Å². The molecule has 0 aromatic heterocycles. The van der Waals surface area contributed by atoms with Gasteiger partial charge in [-0.1, -0.05) is 6.42 Å². The summed E-state index contributed by atoms with van der Waals surface area (Å²) >= 11 is 0. The molecule has 0 aromatic rings. The van der Waals surface area contributed by atoms with Crippen LogP contribution in [-0.2, 0) is 14.4 Å². The normalized spacial score (nSPS) is 15.6. The van der Waals surface area contributed by atoms with Crippen molar-refractivity contribution >= 4 is 11.6 Å². The molecule has 0 amide bonds. The van der Waals surface area contributed by atoms with Crippen molar-refractivity contribution < 1.29 is 29.7 Å². The minimum atomic E-state index is -0.856. The van der Waals surface area contributed by atoms with Crippen molar-refractivity contribution in [3.05, 3.63) is 32.4 Å². The summed E-state index contributed by atoms with van der Waals surface area (Å²) in [6.45, 7) is 0.348. The molecule has 0 unspecified atom stereocenters.